The zero-order valence-electron chi connectivity index (χ0n) is 14.4. The Labute approximate surface area is 142 Å². The van der Waals surface area contributed by atoms with Crippen LogP contribution in [-0.2, 0) is 18.3 Å². The van der Waals surface area contributed by atoms with Crippen LogP contribution in [0.5, 0.6) is 5.75 Å². The van der Waals surface area contributed by atoms with E-state index in [0.717, 1.165) is 23.3 Å². The van der Waals surface area contributed by atoms with E-state index in [-0.39, 0.29) is 11.4 Å². The molecule has 3 rings (SSSR count). The summed E-state index contributed by atoms with van der Waals surface area (Å²) in [5, 5.41) is 0. The molecule has 122 valence electrons. The van der Waals surface area contributed by atoms with Crippen molar-refractivity contribution in [3.8, 4) is 5.75 Å². The van der Waals surface area contributed by atoms with Crippen molar-refractivity contribution in [2.24, 2.45) is 0 Å². The van der Waals surface area contributed by atoms with Gasteiger partial charge in [-0.15, -0.1) is 11.3 Å². The Morgan fingerprint density at radius 2 is 1.87 bits per heavy atom. The van der Waals surface area contributed by atoms with Crippen molar-refractivity contribution in [1.82, 2.24) is 0 Å². The summed E-state index contributed by atoms with van der Waals surface area (Å²) in [7, 11) is 0. The molecule has 0 radical (unpaired) electrons. The summed E-state index contributed by atoms with van der Waals surface area (Å²) in [5.41, 5.74) is 3.70. The summed E-state index contributed by atoms with van der Waals surface area (Å²) in [6.45, 7) is 8.55. The number of hydrogen-bond donors (Lipinski definition) is 0. The van der Waals surface area contributed by atoms with Crippen LogP contribution in [0.15, 0.2) is 24.3 Å². The number of carbonyl (C=O) groups excluding carboxylic acids is 1. The molecular formula is C20H24O2S. The number of esters is 1. The van der Waals surface area contributed by atoms with Crippen molar-refractivity contribution in [3.05, 3.63) is 50.7 Å². The third-order valence-electron chi connectivity index (χ3n) is 4.44. The first-order valence-corrected chi connectivity index (χ1v) is 9.11. The molecule has 0 aliphatic heterocycles. The smallest absolute Gasteiger partial charge is 0.353 e. The summed E-state index contributed by atoms with van der Waals surface area (Å²) in [6, 6.07) is 8.11. The molecule has 23 heavy (non-hydrogen) atoms. The first-order valence-electron chi connectivity index (χ1n) is 8.29. The normalized spacial score (nSPS) is 14.4. The van der Waals surface area contributed by atoms with Gasteiger partial charge in [0.05, 0.1) is 0 Å². The van der Waals surface area contributed by atoms with Gasteiger partial charge in [0.2, 0.25) is 0 Å². The number of benzene rings is 1. The van der Waals surface area contributed by atoms with Crippen LogP contribution in [0.25, 0.3) is 0 Å². The van der Waals surface area contributed by atoms with Gasteiger partial charge < -0.3 is 4.74 Å². The third-order valence-corrected chi connectivity index (χ3v) is 5.66. The highest BCUT2D eigenvalue weighted by molar-refractivity contribution is 7.14. The summed E-state index contributed by atoms with van der Waals surface area (Å²) in [4.78, 5) is 14.6. The van der Waals surface area contributed by atoms with Gasteiger partial charge in [-0.3, -0.25) is 0 Å². The number of carbonyl (C=O) groups is 1. The molecule has 1 aliphatic rings. The molecular weight excluding hydrogens is 304 g/mol. The fourth-order valence-electron chi connectivity index (χ4n) is 2.97. The highest BCUT2D eigenvalue weighted by atomic mass is 32.1. The Morgan fingerprint density at radius 3 is 2.52 bits per heavy atom. The molecule has 0 bridgehead atoms. The Kier molecular flexibility index (Phi) is 4.33. The Morgan fingerprint density at radius 1 is 1.13 bits per heavy atom. The highest BCUT2D eigenvalue weighted by Gasteiger charge is 2.20. The topological polar surface area (TPSA) is 26.3 Å². The zero-order valence-corrected chi connectivity index (χ0v) is 15.2. The van der Waals surface area contributed by atoms with Gasteiger partial charge in [0.1, 0.15) is 10.6 Å². The minimum Gasteiger partial charge on any atom is -0.422 e. The van der Waals surface area contributed by atoms with Crippen LogP contribution in [-0.4, -0.2) is 5.97 Å². The molecule has 2 aromatic rings. The number of thiophene rings is 1. The first kappa shape index (κ1) is 16.3. The zero-order chi connectivity index (χ0) is 16.6. The molecule has 1 aliphatic carbocycles. The first-order chi connectivity index (χ1) is 10.8. The minimum atomic E-state index is -0.226. The monoisotopic (exact) mass is 328 g/mol. The van der Waals surface area contributed by atoms with Gasteiger partial charge in [0.15, 0.2) is 0 Å². The van der Waals surface area contributed by atoms with Gasteiger partial charge in [-0.1, -0.05) is 32.9 Å². The van der Waals surface area contributed by atoms with Crippen molar-refractivity contribution in [2.45, 2.75) is 58.8 Å². The largest absolute Gasteiger partial charge is 0.422 e. The number of ether oxygens (including phenoxy) is 1. The second kappa shape index (κ2) is 6.12. The lowest BCUT2D eigenvalue weighted by Crippen LogP contribution is -2.12. The Hall–Kier alpha value is -1.61. The quantitative estimate of drug-likeness (QED) is 0.541. The van der Waals surface area contributed by atoms with E-state index in [4.69, 9.17) is 4.74 Å². The van der Waals surface area contributed by atoms with E-state index in [1.54, 1.807) is 11.3 Å². The van der Waals surface area contributed by atoms with Gasteiger partial charge in [-0.25, -0.2) is 4.79 Å². The van der Waals surface area contributed by atoms with Gasteiger partial charge >= 0.3 is 5.97 Å². The number of fused-ring (bicyclic) bond motifs is 1. The van der Waals surface area contributed by atoms with Crippen LogP contribution in [0.1, 0.15) is 64.9 Å². The Bertz CT molecular complexity index is 711. The highest BCUT2D eigenvalue weighted by Crippen LogP contribution is 2.32. The van der Waals surface area contributed by atoms with E-state index in [1.807, 2.05) is 19.1 Å². The van der Waals surface area contributed by atoms with Gasteiger partial charge in [-0.2, -0.15) is 0 Å². The SMILES string of the molecule is Cc1cc(C(C)(C)C)ccc1OC(=O)c1cc2c(s1)CCCC2. The van der Waals surface area contributed by atoms with Crippen molar-refractivity contribution in [3.63, 3.8) is 0 Å². The van der Waals surface area contributed by atoms with Crippen LogP contribution in [0, 0.1) is 6.92 Å². The second-order valence-electron chi connectivity index (χ2n) is 7.39. The molecule has 3 heteroatoms. The Balaban J connectivity index is 1.79. The van der Waals surface area contributed by atoms with Crippen LogP contribution >= 0.6 is 11.3 Å². The van der Waals surface area contributed by atoms with Gasteiger partial charge in [0, 0.05) is 4.88 Å². The molecule has 0 spiro atoms. The second-order valence-corrected chi connectivity index (χ2v) is 8.52. The lowest BCUT2D eigenvalue weighted by Gasteiger charge is -2.20. The molecule has 2 nitrogen and oxygen atoms in total. The fraction of sp³-hybridized carbons (Fsp3) is 0.450. The summed E-state index contributed by atoms with van der Waals surface area (Å²) in [5.74, 6) is 0.436. The van der Waals surface area contributed by atoms with E-state index in [0.29, 0.717) is 5.75 Å². The molecule has 0 unspecified atom stereocenters. The number of aryl methyl sites for hydroxylation is 3. The lowest BCUT2D eigenvalue weighted by atomic mass is 9.86. The molecule has 1 aromatic carbocycles. The lowest BCUT2D eigenvalue weighted by molar-refractivity contribution is 0.0738. The van der Waals surface area contributed by atoms with Crippen molar-refractivity contribution < 1.29 is 9.53 Å². The molecule has 1 heterocycles. The van der Waals surface area contributed by atoms with E-state index >= 15 is 0 Å². The number of rotatable bonds is 2. The van der Waals surface area contributed by atoms with Crippen LogP contribution in [0.3, 0.4) is 0 Å². The molecule has 0 saturated carbocycles. The van der Waals surface area contributed by atoms with Gasteiger partial charge in [-0.05, 0) is 66.8 Å². The maximum absolute atomic E-state index is 12.5. The third kappa shape index (κ3) is 3.50. The standard InChI is InChI=1S/C20H24O2S/c1-13-11-15(20(2,3)4)9-10-16(13)22-19(21)18-12-14-7-5-6-8-17(14)23-18/h9-12H,5-8H2,1-4H3. The molecule has 0 fully saturated rings. The average molecular weight is 328 g/mol. The van der Waals surface area contributed by atoms with Crippen LogP contribution in [0.4, 0.5) is 0 Å². The average Bonchev–Trinajstić information content (AvgIpc) is 2.92. The summed E-state index contributed by atoms with van der Waals surface area (Å²) in [6.07, 6.45) is 4.66. The molecule has 0 atom stereocenters. The number of hydrogen-bond acceptors (Lipinski definition) is 3. The van der Waals surface area contributed by atoms with Crippen molar-refractivity contribution in [1.29, 1.82) is 0 Å². The predicted molar refractivity (Wildman–Crippen MR) is 95.8 cm³/mol. The van der Waals surface area contributed by atoms with E-state index in [2.05, 4.69) is 32.9 Å². The van der Waals surface area contributed by atoms with E-state index in [1.165, 1.54) is 28.8 Å². The minimum absolute atomic E-state index is 0.0973. The maximum atomic E-state index is 12.5. The van der Waals surface area contributed by atoms with E-state index < -0.39 is 0 Å². The summed E-state index contributed by atoms with van der Waals surface area (Å²) >= 11 is 1.60. The summed E-state index contributed by atoms with van der Waals surface area (Å²) < 4.78 is 5.65. The van der Waals surface area contributed by atoms with Crippen molar-refractivity contribution in [2.75, 3.05) is 0 Å². The molecule has 1 aromatic heterocycles. The maximum Gasteiger partial charge on any atom is 0.353 e. The molecule has 0 N–H and O–H groups in total. The molecule has 0 amide bonds. The van der Waals surface area contributed by atoms with Crippen molar-refractivity contribution >= 4 is 17.3 Å². The molecule has 0 saturated heterocycles. The van der Waals surface area contributed by atoms with Crippen LogP contribution < -0.4 is 4.74 Å². The predicted octanol–water partition coefficient (Wildman–Crippen LogP) is 5.45. The van der Waals surface area contributed by atoms with Crippen LogP contribution in [0.2, 0.25) is 0 Å². The fourth-order valence-corrected chi connectivity index (χ4v) is 4.10. The van der Waals surface area contributed by atoms with Gasteiger partial charge in [0.25, 0.3) is 0 Å². The van der Waals surface area contributed by atoms with E-state index in [9.17, 15) is 4.79 Å².